The van der Waals surface area contributed by atoms with E-state index in [4.69, 9.17) is 13.9 Å². The van der Waals surface area contributed by atoms with Crippen LogP contribution in [-0.2, 0) is 9.53 Å². The van der Waals surface area contributed by atoms with E-state index in [1.54, 1.807) is 49.6 Å². The fraction of sp³-hybridized carbons (Fsp3) is 0.167. The van der Waals surface area contributed by atoms with Gasteiger partial charge in [0.05, 0.1) is 12.7 Å². The lowest BCUT2D eigenvalue weighted by molar-refractivity contribution is -0.123. The van der Waals surface area contributed by atoms with Crippen LogP contribution >= 0.6 is 0 Å². The highest BCUT2D eigenvalue weighted by molar-refractivity contribution is 6.03. The van der Waals surface area contributed by atoms with E-state index in [2.05, 4.69) is 10.3 Å². The summed E-state index contributed by atoms with van der Waals surface area (Å²) >= 11 is 0. The van der Waals surface area contributed by atoms with E-state index >= 15 is 0 Å². The first-order valence-electron chi connectivity index (χ1n) is 7.56. The Bertz CT molecular complexity index is 901. The number of para-hydroxylation sites is 1. The number of hydrogen-bond acceptors (Lipinski definition) is 6. The number of hydrogen-bond donors (Lipinski definition) is 1. The van der Waals surface area contributed by atoms with Crippen LogP contribution in [0.15, 0.2) is 53.3 Å². The number of methoxy groups -OCH3 is 1. The van der Waals surface area contributed by atoms with Gasteiger partial charge in [-0.3, -0.25) is 4.79 Å². The van der Waals surface area contributed by atoms with Gasteiger partial charge in [0.2, 0.25) is 0 Å². The molecule has 0 aliphatic carbocycles. The van der Waals surface area contributed by atoms with E-state index in [0.717, 1.165) is 0 Å². The molecular weight excluding hydrogens is 324 g/mol. The molecule has 3 aromatic rings. The van der Waals surface area contributed by atoms with Gasteiger partial charge in [0.1, 0.15) is 11.3 Å². The topological polar surface area (TPSA) is 90.7 Å². The Morgan fingerprint density at radius 3 is 2.64 bits per heavy atom. The molecule has 0 aliphatic rings. The molecule has 7 heteroatoms. The molecule has 0 aliphatic heterocycles. The van der Waals surface area contributed by atoms with Gasteiger partial charge in [0.15, 0.2) is 18.1 Å². The number of nitrogens with one attached hydrogen (secondary N) is 1. The lowest BCUT2D eigenvalue weighted by Crippen LogP contribution is -2.30. The number of esters is 1. The van der Waals surface area contributed by atoms with Gasteiger partial charge in [0.25, 0.3) is 5.91 Å². The van der Waals surface area contributed by atoms with Crippen molar-refractivity contribution in [2.45, 2.75) is 13.0 Å². The molecule has 0 spiro atoms. The maximum atomic E-state index is 12.3. The van der Waals surface area contributed by atoms with Crippen LogP contribution in [-0.4, -0.2) is 30.1 Å². The summed E-state index contributed by atoms with van der Waals surface area (Å²) < 4.78 is 15.4. The molecule has 1 heterocycles. The first-order valence-corrected chi connectivity index (χ1v) is 7.56. The highest BCUT2D eigenvalue weighted by atomic mass is 16.5. The zero-order valence-corrected chi connectivity index (χ0v) is 13.7. The van der Waals surface area contributed by atoms with Gasteiger partial charge >= 0.3 is 5.97 Å². The predicted octanol–water partition coefficient (Wildman–Crippen LogP) is 3.02. The van der Waals surface area contributed by atoms with E-state index < -0.39 is 18.0 Å². The van der Waals surface area contributed by atoms with Gasteiger partial charge in [-0.1, -0.05) is 6.07 Å². The van der Waals surface area contributed by atoms with Crippen molar-refractivity contribution in [2.75, 3.05) is 12.4 Å². The minimum Gasteiger partial charge on any atom is -0.497 e. The van der Waals surface area contributed by atoms with Crippen LogP contribution in [0.2, 0.25) is 0 Å². The molecule has 0 bridgehead atoms. The van der Waals surface area contributed by atoms with Gasteiger partial charge < -0.3 is 19.2 Å². The SMILES string of the molecule is COc1ccc(NC(=O)C(C)OC(=O)c2cccc3ocnc23)cc1. The molecule has 128 valence electrons. The van der Waals surface area contributed by atoms with E-state index in [9.17, 15) is 9.59 Å². The molecule has 2 aromatic carbocycles. The normalized spacial score (nSPS) is 11.8. The third-order valence-corrected chi connectivity index (χ3v) is 3.59. The minimum absolute atomic E-state index is 0.246. The Balaban J connectivity index is 1.66. The third kappa shape index (κ3) is 3.60. The summed E-state index contributed by atoms with van der Waals surface area (Å²) in [5, 5.41) is 2.68. The van der Waals surface area contributed by atoms with Crippen LogP contribution in [0, 0.1) is 0 Å². The second-order valence-corrected chi connectivity index (χ2v) is 5.27. The van der Waals surface area contributed by atoms with Crippen LogP contribution in [0.4, 0.5) is 5.69 Å². The maximum Gasteiger partial charge on any atom is 0.341 e. The smallest absolute Gasteiger partial charge is 0.341 e. The van der Waals surface area contributed by atoms with Crippen LogP contribution < -0.4 is 10.1 Å². The molecule has 25 heavy (non-hydrogen) atoms. The average Bonchev–Trinajstić information content (AvgIpc) is 3.10. The third-order valence-electron chi connectivity index (χ3n) is 3.59. The predicted molar refractivity (Wildman–Crippen MR) is 90.5 cm³/mol. The molecule has 0 saturated carbocycles. The Labute approximate surface area is 143 Å². The van der Waals surface area contributed by atoms with Crippen molar-refractivity contribution in [3.63, 3.8) is 0 Å². The van der Waals surface area contributed by atoms with Crippen LogP contribution in [0.25, 0.3) is 11.1 Å². The lowest BCUT2D eigenvalue weighted by atomic mass is 10.2. The monoisotopic (exact) mass is 340 g/mol. The summed E-state index contributed by atoms with van der Waals surface area (Å²) in [6.45, 7) is 1.50. The minimum atomic E-state index is -0.975. The van der Waals surface area contributed by atoms with Crippen molar-refractivity contribution in [2.24, 2.45) is 0 Å². The van der Waals surface area contributed by atoms with Crippen molar-refractivity contribution in [3.05, 3.63) is 54.4 Å². The number of carbonyl (C=O) groups is 2. The van der Waals surface area contributed by atoms with Gasteiger partial charge in [-0.15, -0.1) is 0 Å². The van der Waals surface area contributed by atoms with Crippen LogP contribution in [0.1, 0.15) is 17.3 Å². The fourth-order valence-electron chi connectivity index (χ4n) is 2.25. The molecule has 1 N–H and O–H groups in total. The van der Waals surface area contributed by atoms with Crippen molar-refractivity contribution in [3.8, 4) is 5.75 Å². The second-order valence-electron chi connectivity index (χ2n) is 5.27. The summed E-state index contributed by atoms with van der Waals surface area (Å²) in [5.41, 5.74) is 1.70. The standard InChI is InChI=1S/C18H16N2O5/c1-11(17(21)20-12-6-8-13(23-2)9-7-12)25-18(22)14-4-3-5-15-16(14)19-10-24-15/h3-11H,1-2H3,(H,20,21). The number of oxazole rings is 1. The maximum absolute atomic E-state index is 12.3. The van der Waals surface area contributed by atoms with Gasteiger partial charge in [-0.25, -0.2) is 9.78 Å². The highest BCUT2D eigenvalue weighted by Crippen LogP contribution is 2.19. The molecule has 1 atom stereocenters. The molecule has 0 radical (unpaired) electrons. The largest absolute Gasteiger partial charge is 0.497 e. The van der Waals surface area contributed by atoms with Crippen molar-refractivity contribution >= 4 is 28.7 Å². The average molecular weight is 340 g/mol. The molecular formula is C18H16N2O5. The molecule has 1 amide bonds. The number of rotatable bonds is 5. The Morgan fingerprint density at radius 1 is 1.16 bits per heavy atom. The number of fused-ring (bicyclic) bond motifs is 1. The zero-order valence-electron chi connectivity index (χ0n) is 13.7. The van der Waals surface area contributed by atoms with Gasteiger partial charge in [-0.2, -0.15) is 0 Å². The van der Waals surface area contributed by atoms with E-state index in [-0.39, 0.29) is 5.56 Å². The number of carbonyl (C=O) groups excluding carboxylic acids is 2. The second kappa shape index (κ2) is 7.04. The summed E-state index contributed by atoms with van der Waals surface area (Å²) in [6, 6.07) is 11.8. The number of anilines is 1. The lowest BCUT2D eigenvalue weighted by Gasteiger charge is -2.14. The zero-order chi connectivity index (χ0) is 17.8. The van der Waals surface area contributed by atoms with Crippen LogP contribution in [0.5, 0.6) is 5.75 Å². The Morgan fingerprint density at radius 2 is 1.92 bits per heavy atom. The van der Waals surface area contributed by atoms with Gasteiger partial charge in [0, 0.05) is 5.69 Å². The van der Waals surface area contributed by atoms with E-state index in [1.165, 1.54) is 13.3 Å². The molecule has 0 saturated heterocycles. The summed E-state index contributed by atoms with van der Waals surface area (Å²) in [6.07, 6.45) is 0.276. The molecule has 1 aromatic heterocycles. The van der Waals surface area contributed by atoms with E-state index in [1.807, 2.05) is 0 Å². The summed E-state index contributed by atoms with van der Waals surface area (Å²) in [4.78, 5) is 28.5. The number of nitrogens with zero attached hydrogens (tertiary/aromatic N) is 1. The molecule has 1 unspecified atom stereocenters. The van der Waals surface area contributed by atoms with E-state index in [0.29, 0.717) is 22.5 Å². The van der Waals surface area contributed by atoms with Crippen molar-refractivity contribution in [1.29, 1.82) is 0 Å². The van der Waals surface area contributed by atoms with Crippen molar-refractivity contribution in [1.82, 2.24) is 4.98 Å². The number of ether oxygens (including phenoxy) is 2. The number of amides is 1. The highest BCUT2D eigenvalue weighted by Gasteiger charge is 2.21. The van der Waals surface area contributed by atoms with Crippen LogP contribution in [0.3, 0.4) is 0 Å². The summed E-state index contributed by atoms with van der Waals surface area (Å²) in [5.74, 6) is -0.402. The quantitative estimate of drug-likeness (QED) is 0.718. The molecule has 7 nitrogen and oxygen atoms in total. The Hall–Kier alpha value is -3.35. The van der Waals surface area contributed by atoms with Gasteiger partial charge in [-0.05, 0) is 43.3 Å². The molecule has 3 rings (SSSR count). The summed E-state index contributed by atoms with van der Waals surface area (Å²) in [7, 11) is 1.56. The number of benzene rings is 2. The number of aromatic nitrogens is 1. The Kier molecular flexibility index (Phi) is 4.65. The first kappa shape index (κ1) is 16.5. The first-order chi connectivity index (χ1) is 12.1. The fourth-order valence-corrected chi connectivity index (χ4v) is 2.25. The van der Waals surface area contributed by atoms with Crippen molar-refractivity contribution < 1.29 is 23.5 Å². The molecule has 0 fully saturated rings.